The van der Waals surface area contributed by atoms with E-state index in [9.17, 15) is 8.78 Å². The van der Waals surface area contributed by atoms with Crippen LogP contribution in [0.4, 0.5) is 8.78 Å². The lowest BCUT2D eigenvalue weighted by molar-refractivity contribution is 0.186. The van der Waals surface area contributed by atoms with Crippen LogP contribution in [-0.2, 0) is 0 Å². The monoisotopic (exact) mass is 186 g/mol. The van der Waals surface area contributed by atoms with Crippen LogP contribution in [0.2, 0.25) is 0 Å². The summed E-state index contributed by atoms with van der Waals surface area (Å²) in [5.41, 5.74) is 6.53. The van der Waals surface area contributed by atoms with Gasteiger partial charge in [0.05, 0.1) is 5.70 Å². The number of aliphatic imine (C=N–C) groups is 1. The summed E-state index contributed by atoms with van der Waals surface area (Å²) in [5.74, 6) is 0.832. The first-order valence-corrected chi connectivity index (χ1v) is 4.38. The van der Waals surface area contributed by atoms with Crippen LogP contribution in [0.1, 0.15) is 12.8 Å². The topological polar surface area (TPSA) is 38.4 Å². The number of hydrogen-bond acceptors (Lipinski definition) is 2. The van der Waals surface area contributed by atoms with Crippen molar-refractivity contribution in [3.8, 4) is 0 Å². The molecule has 2 nitrogen and oxygen atoms in total. The first kappa shape index (κ1) is 8.66. The molecule has 2 aliphatic rings. The fourth-order valence-electron chi connectivity index (χ4n) is 2.11. The molecule has 4 heteroatoms. The summed E-state index contributed by atoms with van der Waals surface area (Å²) in [6.07, 6.45) is -0.683. The summed E-state index contributed by atoms with van der Waals surface area (Å²) in [7, 11) is 1.64. The lowest BCUT2D eigenvalue weighted by atomic mass is 10.1. The zero-order valence-corrected chi connectivity index (χ0v) is 7.43. The average molecular weight is 186 g/mol. The van der Waals surface area contributed by atoms with Crippen LogP contribution in [0.5, 0.6) is 0 Å². The molecule has 0 bridgehead atoms. The predicted octanol–water partition coefficient (Wildman–Crippen LogP) is 1.57. The zero-order chi connectivity index (χ0) is 9.59. The molecule has 2 N–H and O–H groups in total. The van der Waals surface area contributed by atoms with Crippen molar-refractivity contribution in [3.63, 3.8) is 0 Å². The average Bonchev–Trinajstić information content (AvgIpc) is 2.76. The van der Waals surface area contributed by atoms with E-state index in [1.54, 1.807) is 7.05 Å². The van der Waals surface area contributed by atoms with Gasteiger partial charge in [0.2, 0.25) is 0 Å². The van der Waals surface area contributed by atoms with Crippen LogP contribution in [0.3, 0.4) is 0 Å². The summed E-state index contributed by atoms with van der Waals surface area (Å²) >= 11 is 0. The molecule has 0 spiro atoms. The Labute approximate surface area is 75.5 Å². The minimum Gasteiger partial charge on any atom is -0.397 e. The molecule has 72 valence electrons. The van der Waals surface area contributed by atoms with Gasteiger partial charge in [-0.1, -0.05) is 0 Å². The molecule has 0 saturated heterocycles. The van der Waals surface area contributed by atoms with Gasteiger partial charge in [0.15, 0.2) is 0 Å². The second-order valence-electron chi connectivity index (χ2n) is 3.65. The van der Waals surface area contributed by atoms with Gasteiger partial charge in [-0.15, -0.1) is 0 Å². The Morgan fingerprint density at radius 3 is 2.85 bits per heavy atom. The molecule has 2 rings (SSSR count). The highest BCUT2D eigenvalue weighted by molar-refractivity contribution is 6.04. The fourth-order valence-corrected chi connectivity index (χ4v) is 2.11. The van der Waals surface area contributed by atoms with Crippen molar-refractivity contribution in [2.45, 2.75) is 19.3 Å². The highest BCUT2D eigenvalue weighted by Crippen LogP contribution is 2.54. The third kappa shape index (κ3) is 1.24. The van der Waals surface area contributed by atoms with Crippen molar-refractivity contribution in [1.82, 2.24) is 0 Å². The van der Waals surface area contributed by atoms with E-state index < -0.39 is 6.43 Å². The molecule has 2 saturated carbocycles. The molecule has 0 aromatic rings. The third-order valence-electron chi connectivity index (χ3n) is 2.88. The molecule has 2 unspecified atom stereocenters. The van der Waals surface area contributed by atoms with E-state index in [4.69, 9.17) is 5.73 Å². The van der Waals surface area contributed by atoms with Crippen LogP contribution < -0.4 is 5.73 Å². The van der Waals surface area contributed by atoms with Gasteiger partial charge in [-0.05, 0) is 24.7 Å². The van der Waals surface area contributed by atoms with Crippen LogP contribution in [-0.4, -0.2) is 19.2 Å². The molecule has 2 fully saturated rings. The van der Waals surface area contributed by atoms with Gasteiger partial charge in [0.25, 0.3) is 6.43 Å². The smallest absolute Gasteiger partial charge is 0.278 e. The largest absolute Gasteiger partial charge is 0.397 e. The second kappa shape index (κ2) is 2.79. The molecule has 0 aliphatic heterocycles. The third-order valence-corrected chi connectivity index (χ3v) is 2.88. The number of allylic oxidation sites excluding steroid dienone is 2. The first-order chi connectivity index (χ1) is 6.15. The lowest BCUT2D eigenvalue weighted by Crippen LogP contribution is -2.15. The van der Waals surface area contributed by atoms with E-state index in [0.717, 1.165) is 18.6 Å². The van der Waals surface area contributed by atoms with Crippen LogP contribution in [0.25, 0.3) is 0 Å². The minimum absolute atomic E-state index is 0.259. The van der Waals surface area contributed by atoms with Crippen molar-refractivity contribution in [1.29, 1.82) is 0 Å². The van der Waals surface area contributed by atoms with Crippen LogP contribution in [0, 0.1) is 11.8 Å². The Bertz CT molecular complexity index is 294. The lowest BCUT2D eigenvalue weighted by Gasteiger charge is -2.08. The molecular weight excluding hydrogens is 174 g/mol. The molecule has 2 aliphatic carbocycles. The molecule has 0 heterocycles. The molecule has 2 atom stereocenters. The standard InChI is InChI=1S/C9H12F2N2/c1-13-6-3-4-2-5(4)7(6)8(12)9(10)11/h4-5,9H,2-3,12H2,1H3. The summed E-state index contributed by atoms with van der Waals surface area (Å²) < 4.78 is 24.7. The molecule has 0 aromatic carbocycles. The zero-order valence-electron chi connectivity index (χ0n) is 7.43. The van der Waals surface area contributed by atoms with Crippen molar-refractivity contribution in [3.05, 3.63) is 11.3 Å². The molecule has 0 radical (unpaired) electrons. The summed E-state index contributed by atoms with van der Waals surface area (Å²) in [5, 5.41) is 0. The molecule has 0 amide bonds. The minimum atomic E-state index is -2.54. The number of nitrogens with two attached hydrogens (primary N) is 1. The van der Waals surface area contributed by atoms with E-state index in [1.165, 1.54) is 0 Å². The van der Waals surface area contributed by atoms with Crippen molar-refractivity contribution in [2.24, 2.45) is 22.6 Å². The predicted molar refractivity (Wildman–Crippen MR) is 46.8 cm³/mol. The van der Waals surface area contributed by atoms with Gasteiger partial charge >= 0.3 is 0 Å². The molecule has 0 aromatic heterocycles. The Morgan fingerprint density at radius 1 is 1.62 bits per heavy atom. The highest BCUT2D eigenvalue weighted by atomic mass is 19.3. The van der Waals surface area contributed by atoms with Gasteiger partial charge in [-0.2, -0.15) is 0 Å². The van der Waals surface area contributed by atoms with Gasteiger partial charge in [-0.3, -0.25) is 4.99 Å². The number of hydrogen-bond donors (Lipinski definition) is 1. The number of nitrogens with zero attached hydrogens (tertiary/aromatic N) is 1. The van der Waals surface area contributed by atoms with E-state index in [2.05, 4.69) is 4.99 Å². The number of alkyl halides is 2. The van der Waals surface area contributed by atoms with E-state index >= 15 is 0 Å². The summed E-state index contributed by atoms with van der Waals surface area (Å²) in [4.78, 5) is 4.00. The number of rotatable bonds is 1. The second-order valence-corrected chi connectivity index (χ2v) is 3.65. The van der Waals surface area contributed by atoms with Gasteiger partial charge in [0.1, 0.15) is 0 Å². The Balaban J connectivity index is 2.35. The fraction of sp³-hybridized carbons (Fsp3) is 0.667. The maximum atomic E-state index is 12.3. The molecule has 13 heavy (non-hydrogen) atoms. The maximum Gasteiger partial charge on any atom is 0.278 e. The Kier molecular flexibility index (Phi) is 1.86. The Hall–Kier alpha value is -0.930. The van der Waals surface area contributed by atoms with Crippen molar-refractivity contribution < 1.29 is 8.78 Å². The van der Waals surface area contributed by atoms with Crippen LogP contribution in [0.15, 0.2) is 16.3 Å². The first-order valence-electron chi connectivity index (χ1n) is 4.38. The van der Waals surface area contributed by atoms with Gasteiger partial charge < -0.3 is 5.73 Å². The highest BCUT2D eigenvalue weighted by Gasteiger charge is 2.49. The summed E-state index contributed by atoms with van der Waals surface area (Å²) in [6.45, 7) is 0. The van der Waals surface area contributed by atoms with E-state index in [0.29, 0.717) is 11.5 Å². The van der Waals surface area contributed by atoms with Gasteiger partial charge in [0, 0.05) is 18.3 Å². The number of halogens is 2. The van der Waals surface area contributed by atoms with E-state index in [1.807, 2.05) is 0 Å². The quantitative estimate of drug-likeness (QED) is 0.663. The van der Waals surface area contributed by atoms with Crippen LogP contribution >= 0.6 is 0 Å². The van der Waals surface area contributed by atoms with Crippen molar-refractivity contribution >= 4 is 5.71 Å². The summed E-state index contributed by atoms with van der Waals surface area (Å²) in [6, 6.07) is 0. The van der Waals surface area contributed by atoms with Gasteiger partial charge in [-0.25, -0.2) is 8.78 Å². The normalized spacial score (nSPS) is 38.3. The Morgan fingerprint density at radius 2 is 2.31 bits per heavy atom. The number of fused-ring (bicyclic) bond motifs is 1. The maximum absolute atomic E-state index is 12.3. The van der Waals surface area contributed by atoms with Crippen molar-refractivity contribution in [2.75, 3.05) is 7.05 Å². The molecular formula is C9H12F2N2. The van der Waals surface area contributed by atoms with E-state index in [-0.39, 0.29) is 11.6 Å². The SMILES string of the molecule is CN=C1CC2CC2C1=C(N)C(F)F.